The summed E-state index contributed by atoms with van der Waals surface area (Å²) in [4.78, 5) is 19.1. The molecule has 1 N–H and O–H groups in total. The van der Waals surface area contributed by atoms with E-state index in [2.05, 4.69) is 41.5 Å². The van der Waals surface area contributed by atoms with Crippen LogP contribution in [0.4, 0.5) is 10.8 Å². The van der Waals surface area contributed by atoms with Gasteiger partial charge in [0.15, 0.2) is 10.9 Å². The Morgan fingerprint density at radius 1 is 1.22 bits per heavy atom. The minimum Gasteiger partial charge on any atom is -0.347 e. The molecule has 4 rings (SSSR count). The van der Waals surface area contributed by atoms with E-state index in [1.54, 1.807) is 0 Å². The van der Waals surface area contributed by atoms with Crippen molar-refractivity contribution in [1.82, 2.24) is 9.88 Å². The first-order valence-electron chi connectivity index (χ1n) is 9.52. The second kappa shape index (κ2) is 7.96. The number of aromatic nitrogens is 1. The van der Waals surface area contributed by atoms with E-state index in [0.29, 0.717) is 32.7 Å². The van der Waals surface area contributed by atoms with E-state index in [1.165, 1.54) is 16.9 Å². The molecule has 1 aromatic heterocycles. The Hall–Kier alpha value is -1.96. The number of nitrogens with zero attached hydrogens (tertiary/aromatic N) is 2. The molecular weight excluding hydrogens is 362 g/mol. The molecule has 2 aliphatic heterocycles. The summed E-state index contributed by atoms with van der Waals surface area (Å²) >= 11 is 1.53. The van der Waals surface area contributed by atoms with Crippen LogP contribution in [0.3, 0.4) is 0 Å². The van der Waals surface area contributed by atoms with Crippen LogP contribution in [0, 0.1) is 0 Å². The van der Waals surface area contributed by atoms with Crippen LogP contribution >= 0.6 is 11.3 Å². The van der Waals surface area contributed by atoms with E-state index < -0.39 is 5.79 Å². The average Bonchev–Trinajstić information content (AvgIpc) is 3.33. The maximum Gasteiger partial charge on any atom is 0.228 e. The van der Waals surface area contributed by atoms with Gasteiger partial charge < -0.3 is 19.7 Å². The molecule has 144 valence electrons. The Morgan fingerprint density at radius 3 is 2.59 bits per heavy atom. The third-order valence-corrected chi connectivity index (χ3v) is 6.00. The van der Waals surface area contributed by atoms with E-state index in [0.717, 1.165) is 35.8 Å². The van der Waals surface area contributed by atoms with Gasteiger partial charge in [-0.05, 0) is 24.1 Å². The average molecular weight is 388 g/mol. The van der Waals surface area contributed by atoms with Gasteiger partial charge >= 0.3 is 0 Å². The van der Waals surface area contributed by atoms with Gasteiger partial charge in [0.2, 0.25) is 5.91 Å². The molecule has 0 radical (unpaired) electrons. The molecule has 27 heavy (non-hydrogen) atoms. The van der Waals surface area contributed by atoms with Gasteiger partial charge in [0.25, 0.3) is 0 Å². The first-order chi connectivity index (χ1) is 13.2. The molecule has 0 atom stereocenters. The number of thiazole rings is 1. The molecule has 0 bridgehead atoms. The quantitative estimate of drug-likeness (QED) is 0.852. The van der Waals surface area contributed by atoms with Gasteiger partial charge in [-0.2, -0.15) is 0 Å². The smallest absolute Gasteiger partial charge is 0.228 e. The van der Waals surface area contributed by atoms with E-state index in [1.807, 2.05) is 10.3 Å². The number of rotatable bonds is 5. The number of ether oxygens (including phenoxy) is 2. The molecule has 2 saturated heterocycles. The molecule has 0 aliphatic carbocycles. The first-order valence-corrected chi connectivity index (χ1v) is 10.4. The molecule has 0 saturated carbocycles. The van der Waals surface area contributed by atoms with Gasteiger partial charge in [-0.1, -0.05) is 19.1 Å². The summed E-state index contributed by atoms with van der Waals surface area (Å²) in [5, 5.41) is 6.08. The van der Waals surface area contributed by atoms with Gasteiger partial charge in [-0.25, -0.2) is 4.98 Å². The second-order valence-corrected chi connectivity index (χ2v) is 7.84. The van der Waals surface area contributed by atoms with Crippen LogP contribution in [-0.4, -0.2) is 47.9 Å². The van der Waals surface area contributed by atoms with Crippen molar-refractivity contribution in [1.29, 1.82) is 0 Å². The summed E-state index contributed by atoms with van der Waals surface area (Å²) < 4.78 is 11.4. The van der Waals surface area contributed by atoms with Gasteiger partial charge in [0.05, 0.1) is 25.3 Å². The highest BCUT2D eigenvalue weighted by molar-refractivity contribution is 7.13. The Bertz CT molecular complexity index is 774. The molecule has 7 heteroatoms. The SMILES string of the molecule is CCc1ccc(Nc2nc(CC(=O)N3CCC4(CC3)OCCO4)cs2)cc1. The number of carbonyl (C=O) groups excluding carboxylic acids is 1. The molecule has 1 aromatic carbocycles. The molecule has 2 aliphatic rings. The first kappa shape index (κ1) is 18.4. The maximum atomic E-state index is 12.6. The van der Waals surface area contributed by atoms with Crippen molar-refractivity contribution in [2.24, 2.45) is 0 Å². The van der Waals surface area contributed by atoms with Crippen molar-refractivity contribution in [2.45, 2.75) is 38.4 Å². The van der Waals surface area contributed by atoms with E-state index in [4.69, 9.17) is 9.47 Å². The van der Waals surface area contributed by atoms with Crippen LogP contribution in [-0.2, 0) is 27.1 Å². The zero-order valence-electron chi connectivity index (χ0n) is 15.6. The molecule has 0 unspecified atom stereocenters. The zero-order valence-corrected chi connectivity index (χ0v) is 16.4. The number of piperidine rings is 1. The van der Waals surface area contributed by atoms with E-state index >= 15 is 0 Å². The molecule has 2 aromatic rings. The third kappa shape index (κ3) is 4.31. The predicted molar refractivity (Wildman–Crippen MR) is 105 cm³/mol. The molecular formula is C20H25N3O3S. The number of carbonyl (C=O) groups is 1. The monoisotopic (exact) mass is 387 g/mol. The second-order valence-electron chi connectivity index (χ2n) is 6.98. The lowest BCUT2D eigenvalue weighted by atomic mass is 10.0. The number of amides is 1. The summed E-state index contributed by atoms with van der Waals surface area (Å²) in [6.45, 7) is 4.81. The van der Waals surface area contributed by atoms with Crippen molar-refractivity contribution >= 4 is 28.1 Å². The highest BCUT2D eigenvalue weighted by Gasteiger charge is 2.40. The fraction of sp³-hybridized carbons (Fsp3) is 0.500. The van der Waals surface area contributed by atoms with Crippen molar-refractivity contribution in [3.63, 3.8) is 0 Å². The van der Waals surface area contributed by atoms with Crippen LogP contribution < -0.4 is 5.32 Å². The summed E-state index contributed by atoms with van der Waals surface area (Å²) in [6.07, 6.45) is 2.86. The van der Waals surface area contributed by atoms with Crippen LogP contribution in [0.5, 0.6) is 0 Å². The number of hydrogen-bond donors (Lipinski definition) is 1. The molecule has 1 amide bonds. The minimum atomic E-state index is -0.443. The number of aryl methyl sites for hydroxylation is 1. The minimum absolute atomic E-state index is 0.118. The van der Waals surface area contributed by atoms with Crippen LogP contribution in [0.1, 0.15) is 31.0 Å². The molecule has 3 heterocycles. The summed E-state index contributed by atoms with van der Waals surface area (Å²) in [6, 6.07) is 8.34. The van der Waals surface area contributed by atoms with Crippen molar-refractivity contribution in [2.75, 3.05) is 31.6 Å². The zero-order chi connectivity index (χ0) is 18.7. The Kier molecular flexibility index (Phi) is 5.43. The van der Waals surface area contributed by atoms with Gasteiger partial charge in [-0.15, -0.1) is 11.3 Å². The number of nitrogens with one attached hydrogen (secondary N) is 1. The maximum absolute atomic E-state index is 12.6. The predicted octanol–water partition coefficient (Wildman–Crippen LogP) is 3.36. The molecule has 1 spiro atoms. The number of hydrogen-bond acceptors (Lipinski definition) is 6. The van der Waals surface area contributed by atoms with Crippen LogP contribution in [0.25, 0.3) is 0 Å². The van der Waals surface area contributed by atoms with Crippen molar-refractivity contribution in [3.05, 3.63) is 40.9 Å². The third-order valence-electron chi connectivity index (χ3n) is 5.19. The van der Waals surface area contributed by atoms with Crippen LogP contribution in [0.2, 0.25) is 0 Å². The van der Waals surface area contributed by atoms with Gasteiger partial charge in [0, 0.05) is 37.0 Å². The normalized spacial score (nSPS) is 18.8. The number of benzene rings is 1. The van der Waals surface area contributed by atoms with E-state index in [-0.39, 0.29) is 5.91 Å². The lowest BCUT2D eigenvalue weighted by Crippen LogP contribution is -2.47. The number of anilines is 2. The fourth-order valence-electron chi connectivity index (χ4n) is 3.54. The highest BCUT2D eigenvalue weighted by Crippen LogP contribution is 2.31. The Balaban J connectivity index is 1.30. The Morgan fingerprint density at radius 2 is 1.93 bits per heavy atom. The molecule has 2 fully saturated rings. The fourth-order valence-corrected chi connectivity index (χ4v) is 4.27. The summed E-state index contributed by atoms with van der Waals surface area (Å²) in [5.74, 6) is -0.325. The van der Waals surface area contributed by atoms with Crippen molar-refractivity contribution < 1.29 is 14.3 Å². The van der Waals surface area contributed by atoms with Gasteiger partial charge in [-0.3, -0.25) is 4.79 Å². The topological polar surface area (TPSA) is 63.7 Å². The largest absolute Gasteiger partial charge is 0.347 e. The van der Waals surface area contributed by atoms with Gasteiger partial charge in [0.1, 0.15) is 0 Å². The standard InChI is InChI=1S/C20H25N3O3S/c1-2-15-3-5-16(6-4-15)21-19-22-17(14-27-19)13-18(24)23-9-7-20(8-10-23)25-11-12-26-20/h3-6,14H,2,7-13H2,1H3,(H,21,22). The Labute approximate surface area is 163 Å². The summed E-state index contributed by atoms with van der Waals surface area (Å²) in [7, 11) is 0. The molecule has 6 nitrogen and oxygen atoms in total. The summed E-state index contributed by atoms with van der Waals surface area (Å²) in [5.41, 5.74) is 3.13. The van der Waals surface area contributed by atoms with Crippen LogP contribution in [0.15, 0.2) is 29.6 Å². The van der Waals surface area contributed by atoms with Crippen molar-refractivity contribution in [3.8, 4) is 0 Å². The highest BCUT2D eigenvalue weighted by atomic mass is 32.1. The van der Waals surface area contributed by atoms with E-state index in [9.17, 15) is 4.79 Å². The lowest BCUT2D eigenvalue weighted by molar-refractivity contribution is -0.187. The number of likely N-dealkylation sites (tertiary alicyclic amines) is 1. The lowest BCUT2D eigenvalue weighted by Gasteiger charge is -2.37.